The molecule has 0 amide bonds. The molecule has 2 rings (SSSR count). The van der Waals surface area contributed by atoms with Crippen LogP contribution in [0.15, 0.2) is 23.1 Å². The first kappa shape index (κ1) is 18.2. The van der Waals surface area contributed by atoms with Crippen LogP contribution < -0.4 is 14.8 Å². The van der Waals surface area contributed by atoms with E-state index in [1.54, 1.807) is 18.2 Å². The second kappa shape index (κ2) is 8.13. The van der Waals surface area contributed by atoms with Crippen LogP contribution in [0.4, 0.5) is 0 Å². The number of benzene rings is 1. The zero-order valence-electron chi connectivity index (χ0n) is 14.3. The average Bonchev–Trinajstić information content (AvgIpc) is 2.49. The van der Waals surface area contributed by atoms with Gasteiger partial charge >= 0.3 is 0 Å². The molecule has 0 spiro atoms. The summed E-state index contributed by atoms with van der Waals surface area (Å²) in [6, 6.07) is 5.01. The Morgan fingerprint density at radius 2 is 2.17 bits per heavy atom. The molecule has 2 N–H and O–H groups in total. The second-order valence-electron chi connectivity index (χ2n) is 6.49. The maximum absolute atomic E-state index is 12.4. The SMILES string of the molecule is Cc1cc(S(=O)(=O)NCCC2CCCNC2)ccc1OC(C)C. The Bertz CT molecular complexity index is 608. The lowest BCUT2D eigenvalue weighted by Crippen LogP contribution is -2.33. The predicted octanol–water partition coefficient (Wildman–Crippen LogP) is 2.45. The van der Waals surface area contributed by atoms with E-state index in [0.29, 0.717) is 17.4 Å². The Labute approximate surface area is 139 Å². The van der Waals surface area contributed by atoms with Crippen molar-refractivity contribution in [2.24, 2.45) is 5.92 Å². The van der Waals surface area contributed by atoms with Gasteiger partial charge in [0.1, 0.15) is 5.75 Å². The first-order valence-corrected chi connectivity index (χ1v) is 9.84. The van der Waals surface area contributed by atoms with Crippen LogP contribution in [0, 0.1) is 12.8 Å². The molecular weight excluding hydrogens is 312 g/mol. The summed E-state index contributed by atoms with van der Waals surface area (Å²) in [4.78, 5) is 0.299. The minimum atomic E-state index is -3.45. The van der Waals surface area contributed by atoms with E-state index >= 15 is 0 Å². The fourth-order valence-corrected chi connectivity index (χ4v) is 3.96. The normalized spacial score (nSPS) is 19.0. The summed E-state index contributed by atoms with van der Waals surface area (Å²) in [6.07, 6.45) is 3.29. The van der Waals surface area contributed by atoms with Gasteiger partial charge in [-0.05, 0) is 82.8 Å². The molecule has 1 fully saturated rings. The van der Waals surface area contributed by atoms with Gasteiger partial charge in [0, 0.05) is 6.54 Å². The Balaban J connectivity index is 1.94. The summed E-state index contributed by atoms with van der Waals surface area (Å²) in [7, 11) is -3.45. The summed E-state index contributed by atoms with van der Waals surface area (Å²) in [5, 5.41) is 3.35. The van der Waals surface area contributed by atoms with Gasteiger partial charge < -0.3 is 10.1 Å². The van der Waals surface area contributed by atoms with Crippen molar-refractivity contribution < 1.29 is 13.2 Å². The summed E-state index contributed by atoms with van der Waals surface area (Å²) in [5.74, 6) is 1.29. The zero-order valence-corrected chi connectivity index (χ0v) is 15.1. The highest BCUT2D eigenvalue weighted by atomic mass is 32.2. The molecule has 23 heavy (non-hydrogen) atoms. The van der Waals surface area contributed by atoms with Crippen LogP contribution in [0.3, 0.4) is 0 Å². The molecule has 1 atom stereocenters. The van der Waals surface area contributed by atoms with Crippen LogP contribution in [0.1, 0.15) is 38.7 Å². The largest absolute Gasteiger partial charge is 0.491 e. The lowest BCUT2D eigenvalue weighted by molar-refractivity contribution is 0.240. The second-order valence-corrected chi connectivity index (χ2v) is 8.26. The molecule has 0 bridgehead atoms. The van der Waals surface area contributed by atoms with Crippen LogP contribution >= 0.6 is 0 Å². The van der Waals surface area contributed by atoms with E-state index < -0.39 is 10.0 Å². The molecule has 1 saturated heterocycles. The number of piperidine rings is 1. The fourth-order valence-electron chi connectivity index (χ4n) is 2.83. The van der Waals surface area contributed by atoms with Gasteiger partial charge in [-0.15, -0.1) is 0 Å². The Morgan fingerprint density at radius 3 is 2.78 bits per heavy atom. The molecule has 0 aliphatic carbocycles. The number of hydrogen-bond donors (Lipinski definition) is 2. The van der Waals surface area contributed by atoms with Gasteiger partial charge in [0.15, 0.2) is 0 Å². The smallest absolute Gasteiger partial charge is 0.240 e. The van der Waals surface area contributed by atoms with E-state index in [1.807, 2.05) is 20.8 Å². The minimum Gasteiger partial charge on any atom is -0.491 e. The Hall–Kier alpha value is -1.11. The van der Waals surface area contributed by atoms with Crippen molar-refractivity contribution >= 4 is 10.0 Å². The third-order valence-corrected chi connectivity index (χ3v) is 5.52. The molecule has 5 nitrogen and oxygen atoms in total. The monoisotopic (exact) mass is 340 g/mol. The van der Waals surface area contributed by atoms with Gasteiger partial charge in [0.05, 0.1) is 11.0 Å². The van der Waals surface area contributed by atoms with E-state index in [2.05, 4.69) is 10.0 Å². The van der Waals surface area contributed by atoms with E-state index in [9.17, 15) is 8.42 Å². The van der Waals surface area contributed by atoms with Crippen LogP contribution in [0.2, 0.25) is 0 Å². The third kappa shape index (κ3) is 5.48. The molecular formula is C17H28N2O3S. The van der Waals surface area contributed by atoms with E-state index in [4.69, 9.17) is 4.74 Å². The molecule has 1 aliphatic rings. The highest BCUT2D eigenvalue weighted by Crippen LogP contribution is 2.23. The van der Waals surface area contributed by atoms with Crippen LogP contribution in [-0.4, -0.2) is 34.2 Å². The first-order valence-electron chi connectivity index (χ1n) is 8.36. The molecule has 0 saturated carbocycles. The standard InChI is InChI=1S/C17H28N2O3S/c1-13(2)22-17-7-6-16(11-14(17)3)23(20,21)19-10-8-15-5-4-9-18-12-15/h6-7,11,13,15,18-19H,4-5,8-10,12H2,1-3H3. The van der Waals surface area contributed by atoms with Crippen molar-refractivity contribution in [2.45, 2.75) is 51.0 Å². The highest BCUT2D eigenvalue weighted by Gasteiger charge is 2.17. The predicted molar refractivity (Wildman–Crippen MR) is 92.3 cm³/mol. The topological polar surface area (TPSA) is 67.4 Å². The number of hydrogen-bond acceptors (Lipinski definition) is 4. The molecule has 1 unspecified atom stereocenters. The fraction of sp³-hybridized carbons (Fsp3) is 0.647. The molecule has 1 aromatic carbocycles. The van der Waals surface area contributed by atoms with Gasteiger partial charge in [-0.1, -0.05) is 0 Å². The number of nitrogens with one attached hydrogen (secondary N) is 2. The van der Waals surface area contributed by atoms with Crippen molar-refractivity contribution in [3.8, 4) is 5.75 Å². The van der Waals surface area contributed by atoms with Gasteiger partial charge in [-0.3, -0.25) is 0 Å². The first-order chi connectivity index (χ1) is 10.9. The minimum absolute atomic E-state index is 0.0679. The maximum Gasteiger partial charge on any atom is 0.240 e. The van der Waals surface area contributed by atoms with E-state index in [1.165, 1.54) is 12.8 Å². The molecule has 130 valence electrons. The van der Waals surface area contributed by atoms with Gasteiger partial charge in [0.25, 0.3) is 0 Å². The van der Waals surface area contributed by atoms with Crippen LogP contribution in [-0.2, 0) is 10.0 Å². The number of sulfonamides is 1. The quantitative estimate of drug-likeness (QED) is 0.800. The summed E-state index contributed by atoms with van der Waals surface area (Å²) in [5.41, 5.74) is 0.832. The van der Waals surface area contributed by atoms with Crippen molar-refractivity contribution in [1.82, 2.24) is 10.0 Å². The van der Waals surface area contributed by atoms with E-state index in [0.717, 1.165) is 30.8 Å². The average molecular weight is 340 g/mol. The van der Waals surface area contributed by atoms with Crippen molar-refractivity contribution in [3.63, 3.8) is 0 Å². The molecule has 1 aromatic rings. The highest BCUT2D eigenvalue weighted by molar-refractivity contribution is 7.89. The van der Waals surface area contributed by atoms with Crippen molar-refractivity contribution in [1.29, 1.82) is 0 Å². The zero-order chi connectivity index (χ0) is 16.9. The van der Waals surface area contributed by atoms with Gasteiger partial charge in [-0.2, -0.15) is 0 Å². The van der Waals surface area contributed by atoms with E-state index in [-0.39, 0.29) is 6.10 Å². The summed E-state index contributed by atoms with van der Waals surface area (Å²) < 4.78 is 33.1. The van der Waals surface area contributed by atoms with Gasteiger partial charge in [-0.25, -0.2) is 13.1 Å². The van der Waals surface area contributed by atoms with Gasteiger partial charge in [0.2, 0.25) is 10.0 Å². The summed E-state index contributed by atoms with van der Waals surface area (Å²) >= 11 is 0. The molecule has 0 radical (unpaired) electrons. The lowest BCUT2D eigenvalue weighted by Gasteiger charge is -2.22. The van der Waals surface area contributed by atoms with Crippen molar-refractivity contribution in [3.05, 3.63) is 23.8 Å². The Morgan fingerprint density at radius 1 is 1.39 bits per heavy atom. The molecule has 1 aliphatic heterocycles. The maximum atomic E-state index is 12.4. The van der Waals surface area contributed by atoms with Crippen LogP contribution in [0.5, 0.6) is 5.75 Å². The molecule has 0 aromatic heterocycles. The van der Waals surface area contributed by atoms with Crippen molar-refractivity contribution in [2.75, 3.05) is 19.6 Å². The lowest BCUT2D eigenvalue weighted by atomic mass is 9.96. The number of ether oxygens (including phenoxy) is 1. The molecule has 6 heteroatoms. The molecule has 1 heterocycles. The Kier molecular flexibility index (Phi) is 6.44. The van der Waals surface area contributed by atoms with Crippen LogP contribution in [0.25, 0.3) is 0 Å². The third-order valence-electron chi connectivity index (χ3n) is 4.06. The summed E-state index contributed by atoms with van der Waals surface area (Å²) in [6.45, 7) is 8.31. The number of rotatable bonds is 7. The number of aryl methyl sites for hydroxylation is 1.